The Morgan fingerprint density at radius 1 is 1.00 bits per heavy atom. The van der Waals surface area contributed by atoms with Gasteiger partial charge >= 0.3 is 5.97 Å². The lowest BCUT2D eigenvalue weighted by atomic mass is 10.00. The molecule has 0 saturated carbocycles. The fraction of sp³-hybridized carbons (Fsp3) is 0.350. The molecule has 0 aliphatic carbocycles. The first-order valence-electron chi connectivity index (χ1n) is 8.45. The third-order valence-corrected chi connectivity index (χ3v) is 6.33. The molecule has 0 fully saturated rings. The van der Waals surface area contributed by atoms with Crippen LogP contribution in [0.1, 0.15) is 25.8 Å². The fourth-order valence-corrected chi connectivity index (χ4v) is 3.29. The lowest BCUT2D eigenvalue weighted by molar-refractivity contribution is -0.146. The van der Waals surface area contributed by atoms with Gasteiger partial charge in [0, 0.05) is 6.26 Å². The minimum absolute atomic E-state index is 0.148. The van der Waals surface area contributed by atoms with Crippen LogP contribution in [0.2, 0.25) is 0 Å². The van der Waals surface area contributed by atoms with E-state index >= 15 is 0 Å². The van der Waals surface area contributed by atoms with Gasteiger partial charge in [-0.15, -0.1) is 0 Å². The quantitative estimate of drug-likeness (QED) is 0.656. The predicted octanol–water partition coefficient (Wildman–Crippen LogP) is 3.78. The smallest absolute Gasteiger partial charge is 0.327 e. The predicted molar refractivity (Wildman–Crippen MR) is 101 cm³/mol. The standard InChI is InChI=1S/C20H24O5S/c1-4-24-19(21)20(2,26(3,22)23)15-14-16-10-12-18(13-11-16)25-17-8-6-5-7-9-17/h5-13H,4,14-15H2,1-3H3. The van der Waals surface area contributed by atoms with Crippen molar-refractivity contribution in [3.63, 3.8) is 0 Å². The molecule has 0 aliphatic rings. The largest absolute Gasteiger partial charge is 0.465 e. The number of para-hydroxylation sites is 1. The molecule has 0 amide bonds. The maximum absolute atomic E-state index is 12.2. The van der Waals surface area contributed by atoms with E-state index in [0.717, 1.165) is 17.6 Å². The Kier molecular flexibility index (Phi) is 6.42. The van der Waals surface area contributed by atoms with Crippen LogP contribution in [0.4, 0.5) is 0 Å². The zero-order chi connectivity index (χ0) is 19.2. The van der Waals surface area contributed by atoms with Gasteiger partial charge in [0.2, 0.25) is 0 Å². The van der Waals surface area contributed by atoms with E-state index in [1.54, 1.807) is 6.92 Å². The second-order valence-corrected chi connectivity index (χ2v) is 8.73. The van der Waals surface area contributed by atoms with E-state index in [0.29, 0.717) is 12.2 Å². The number of hydrogen-bond acceptors (Lipinski definition) is 5. The molecule has 0 aromatic heterocycles. The lowest BCUT2D eigenvalue weighted by Gasteiger charge is -2.25. The number of carbonyl (C=O) groups is 1. The number of sulfone groups is 1. The third kappa shape index (κ3) is 4.85. The van der Waals surface area contributed by atoms with Crippen LogP contribution in [0.25, 0.3) is 0 Å². The Morgan fingerprint density at radius 2 is 1.58 bits per heavy atom. The summed E-state index contributed by atoms with van der Waals surface area (Å²) in [5, 5.41) is 0. The summed E-state index contributed by atoms with van der Waals surface area (Å²) in [6.07, 6.45) is 1.66. The molecular weight excluding hydrogens is 352 g/mol. The van der Waals surface area contributed by atoms with Gasteiger partial charge in [-0.05, 0) is 56.5 Å². The highest BCUT2D eigenvalue weighted by atomic mass is 32.2. The molecule has 0 N–H and O–H groups in total. The van der Waals surface area contributed by atoms with Crippen molar-refractivity contribution in [3.05, 3.63) is 60.2 Å². The summed E-state index contributed by atoms with van der Waals surface area (Å²) in [4.78, 5) is 12.2. The van der Waals surface area contributed by atoms with E-state index in [4.69, 9.17) is 9.47 Å². The molecule has 2 aromatic carbocycles. The molecule has 140 valence electrons. The lowest BCUT2D eigenvalue weighted by Crippen LogP contribution is -2.44. The van der Waals surface area contributed by atoms with Gasteiger partial charge in [-0.25, -0.2) is 8.42 Å². The second-order valence-electron chi connectivity index (χ2n) is 6.28. The molecule has 6 heteroatoms. The van der Waals surface area contributed by atoms with Crippen molar-refractivity contribution in [3.8, 4) is 11.5 Å². The first kappa shape index (κ1) is 20.0. The Balaban J connectivity index is 2.06. The molecule has 0 radical (unpaired) electrons. The van der Waals surface area contributed by atoms with Gasteiger partial charge in [0.15, 0.2) is 14.6 Å². The minimum Gasteiger partial charge on any atom is -0.465 e. The fourth-order valence-electron chi connectivity index (χ4n) is 2.45. The van der Waals surface area contributed by atoms with Crippen molar-refractivity contribution in [2.75, 3.05) is 12.9 Å². The number of rotatable bonds is 8. The van der Waals surface area contributed by atoms with Crippen molar-refractivity contribution in [1.82, 2.24) is 0 Å². The molecule has 1 atom stereocenters. The van der Waals surface area contributed by atoms with E-state index in [1.165, 1.54) is 6.92 Å². The Morgan fingerprint density at radius 3 is 2.12 bits per heavy atom. The third-order valence-electron chi connectivity index (χ3n) is 4.32. The van der Waals surface area contributed by atoms with Gasteiger partial charge in [-0.3, -0.25) is 4.79 Å². The molecule has 26 heavy (non-hydrogen) atoms. The van der Waals surface area contributed by atoms with E-state index in [-0.39, 0.29) is 13.0 Å². The molecule has 0 spiro atoms. The van der Waals surface area contributed by atoms with Crippen LogP contribution in [-0.4, -0.2) is 32.0 Å². The summed E-state index contributed by atoms with van der Waals surface area (Å²) in [7, 11) is -3.60. The zero-order valence-corrected chi connectivity index (χ0v) is 16.1. The monoisotopic (exact) mass is 376 g/mol. The summed E-state index contributed by atoms with van der Waals surface area (Å²) >= 11 is 0. The van der Waals surface area contributed by atoms with Gasteiger partial charge in [0.1, 0.15) is 11.5 Å². The molecule has 0 aliphatic heterocycles. The number of ether oxygens (including phenoxy) is 2. The van der Waals surface area contributed by atoms with Crippen LogP contribution in [0, 0.1) is 0 Å². The van der Waals surface area contributed by atoms with Crippen molar-refractivity contribution in [2.24, 2.45) is 0 Å². The summed E-state index contributed by atoms with van der Waals surface area (Å²) in [5.41, 5.74) is 0.921. The molecule has 0 heterocycles. The zero-order valence-electron chi connectivity index (χ0n) is 15.3. The number of carbonyl (C=O) groups excluding carboxylic acids is 1. The molecule has 0 bridgehead atoms. The highest BCUT2D eigenvalue weighted by Gasteiger charge is 2.44. The highest BCUT2D eigenvalue weighted by molar-refractivity contribution is 7.92. The topological polar surface area (TPSA) is 69.7 Å². The van der Waals surface area contributed by atoms with Crippen LogP contribution >= 0.6 is 0 Å². The van der Waals surface area contributed by atoms with E-state index in [1.807, 2.05) is 54.6 Å². The highest BCUT2D eigenvalue weighted by Crippen LogP contribution is 2.26. The Hall–Kier alpha value is -2.34. The van der Waals surface area contributed by atoms with Crippen molar-refractivity contribution in [1.29, 1.82) is 0 Å². The Labute approximate surface area is 154 Å². The van der Waals surface area contributed by atoms with E-state index in [9.17, 15) is 13.2 Å². The number of aryl methyl sites for hydroxylation is 1. The molecule has 1 unspecified atom stereocenters. The molecular formula is C20H24O5S. The van der Waals surface area contributed by atoms with E-state index in [2.05, 4.69) is 0 Å². The molecule has 5 nitrogen and oxygen atoms in total. The first-order chi connectivity index (χ1) is 12.3. The van der Waals surface area contributed by atoms with Crippen LogP contribution in [0.15, 0.2) is 54.6 Å². The number of benzene rings is 2. The molecule has 2 rings (SSSR count). The molecule has 0 saturated heterocycles. The van der Waals surface area contributed by atoms with Crippen LogP contribution in [0.5, 0.6) is 11.5 Å². The summed E-state index contributed by atoms with van der Waals surface area (Å²) in [6.45, 7) is 3.23. The van der Waals surface area contributed by atoms with E-state index < -0.39 is 20.6 Å². The first-order valence-corrected chi connectivity index (χ1v) is 10.3. The maximum Gasteiger partial charge on any atom is 0.327 e. The normalized spacial score (nSPS) is 13.7. The van der Waals surface area contributed by atoms with Crippen LogP contribution in [-0.2, 0) is 25.8 Å². The van der Waals surface area contributed by atoms with Gasteiger partial charge in [0.05, 0.1) is 6.61 Å². The second kappa shape index (κ2) is 8.36. The SMILES string of the molecule is CCOC(=O)C(C)(CCc1ccc(Oc2ccccc2)cc1)S(C)(=O)=O. The summed E-state index contributed by atoms with van der Waals surface area (Å²) in [5.74, 6) is 0.731. The average Bonchev–Trinajstić information content (AvgIpc) is 2.61. The maximum atomic E-state index is 12.2. The number of hydrogen-bond donors (Lipinski definition) is 0. The van der Waals surface area contributed by atoms with Gasteiger partial charge in [-0.1, -0.05) is 30.3 Å². The average molecular weight is 376 g/mol. The van der Waals surface area contributed by atoms with Crippen molar-refractivity contribution < 1.29 is 22.7 Å². The van der Waals surface area contributed by atoms with Crippen molar-refractivity contribution >= 4 is 15.8 Å². The Bertz CT molecular complexity index is 828. The summed E-state index contributed by atoms with van der Waals surface area (Å²) < 4.78 is 33.4. The van der Waals surface area contributed by atoms with Gasteiger partial charge < -0.3 is 9.47 Å². The van der Waals surface area contributed by atoms with Crippen LogP contribution < -0.4 is 4.74 Å². The molecule has 2 aromatic rings. The van der Waals surface area contributed by atoms with Crippen molar-refractivity contribution in [2.45, 2.75) is 31.4 Å². The number of esters is 1. The van der Waals surface area contributed by atoms with Gasteiger partial charge in [-0.2, -0.15) is 0 Å². The van der Waals surface area contributed by atoms with Gasteiger partial charge in [0.25, 0.3) is 0 Å². The summed E-state index contributed by atoms with van der Waals surface area (Å²) in [6, 6.07) is 16.8. The van der Waals surface area contributed by atoms with Crippen LogP contribution in [0.3, 0.4) is 0 Å². The minimum atomic E-state index is -3.60.